The highest BCUT2D eigenvalue weighted by molar-refractivity contribution is 5.78. The summed E-state index contributed by atoms with van der Waals surface area (Å²) in [6, 6.07) is 13.8. The molecule has 0 bridgehead atoms. The number of ether oxygens (including phenoxy) is 1. The fraction of sp³-hybridized carbons (Fsp3) is 0.286. The van der Waals surface area contributed by atoms with Crippen LogP contribution in [0.4, 0.5) is 0 Å². The van der Waals surface area contributed by atoms with Crippen LogP contribution in [0.1, 0.15) is 29.7 Å². The maximum absolute atomic E-state index is 12.5. The van der Waals surface area contributed by atoms with Crippen LogP contribution in [0.2, 0.25) is 0 Å². The zero-order chi connectivity index (χ0) is 19.4. The van der Waals surface area contributed by atoms with Crippen LogP contribution in [0, 0.1) is 13.8 Å². The third-order valence-electron chi connectivity index (χ3n) is 4.59. The first-order valence-corrected chi connectivity index (χ1v) is 8.86. The molecule has 0 fully saturated rings. The maximum Gasteiger partial charge on any atom is 0.260 e. The smallest absolute Gasteiger partial charge is 0.260 e. The zero-order valence-corrected chi connectivity index (χ0v) is 16.1. The van der Waals surface area contributed by atoms with Gasteiger partial charge in [-0.15, -0.1) is 0 Å². The molecule has 1 aromatic heterocycles. The van der Waals surface area contributed by atoms with Crippen molar-refractivity contribution in [2.24, 2.45) is 0 Å². The number of carbonyl (C=O) groups is 1. The Kier molecular flexibility index (Phi) is 5.54. The molecule has 1 heterocycles. The fourth-order valence-electron chi connectivity index (χ4n) is 2.95. The van der Waals surface area contributed by atoms with Crippen LogP contribution in [-0.2, 0) is 4.79 Å². The molecular weight excluding hydrogens is 340 g/mol. The Balaban J connectivity index is 1.62. The minimum atomic E-state index is -0.0676. The first-order chi connectivity index (χ1) is 12.9. The standard InChI is InChI=1S/C21H24N4O2/c1-15-9-16(2)11-20(10-15)27-12-21(26)24(4)17(3)18-5-7-19(8-6-18)25-14-22-13-23-25/h5-11,13-14,17H,12H2,1-4H3. The van der Waals surface area contributed by atoms with E-state index in [0.29, 0.717) is 0 Å². The second-order valence-corrected chi connectivity index (χ2v) is 6.72. The van der Waals surface area contributed by atoms with Gasteiger partial charge in [-0.3, -0.25) is 4.79 Å². The van der Waals surface area contributed by atoms with E-state index in [4.69, 9.17) is 4.74 Å². The number of rotatable bonds is 6. The topological polar surface area (TPSA) is 60.2 Å². The minimum absolute atomic E-state index is 0.0147. The number of hydrogen-bond donors (Lipinski definition) is 0. The van der Waals surface area contributed by atoms with Crippen LogP contribution in [0.3, 0.4) is 0 Å². The number of aromatic nitrogens is 3. The maximum atomic E-state index is 12.5. The van der Waals surface area contributed by atoms with Crippen molar-refractivity contribution in [2.45, 2.75) is 26.8 Å². The number of amides is 1. The van der Waals surface area contributed by atoms with E-state index >= 15 is 0 Å². The Morgan fingerprint density at radius 2 is 1.81 bits per heavy atom. The van der Waals surface area contributed by atoms with Crippen LogP contribution < -0.4 is 4.74 Å². The lowest BCUT2D eigenvalue weighted by Crippen LogP contribution is -2.33. The average Bonchev–Trinajstić information content (AvgIpc) is 3.19. The second-order valence-electron chi connectivity index (χ2n) is 6.72. The number of nitrogens with zero attached hydrogens (tertiary/aromatic N) is 4. The number of aryl methyl sites for hydroxylation is 2. The van der Waals surface area contributed by atoms with Gasteiger partial charge < -0.3 is 9.64 Å². The van der Waals surface area contributed by atoms with Gasteiger partial charge in [0.2, 0.25) is 0 Å². The van der Waals surface area contributed by atoms with Crippen LogP contribution in [-0.4, -0.2) is 39.2 Å². The molecule has 1 amide bonds. The summed E-state index contributed by atoms with van der Waals surface area (Å²) < 4.78 is 7.39. The summed E-state index contributed by atoms with van der Waals surface area (Å²) in [5, 5.41) is 4.11. The van der Waals surface area contributed by atoms with Crippen LogP contribution >= 0.6 is 0 Å². The van der Waals surface area contributed by atoms with Gasteiger partial charge in [0, 0.05) is 7.05 Å². The Bertz CT molecular complexity index is 884. The summed E-state index contributed by atoms with van der Waals surface area (Å²) in [5.41, 5.74) is 4.20. The zero-order valence-electron chi connectivity index (χ0n) is 16.1. The molecular formula is C21H24N4O2. The monoisotopic (exact) mass is 364 g/mol. The number of benzene rings is 2. The normalized spacial score (nSPS) is 11.9. The van der Waals surface area contributed by atoms with Crippen molar-refractivity contribution in [2.75, 3.05) is 13.7 Å². The molecule has 3 aromatic rings. The molecule has 2 aromatic carbocycles. The SMILES string of the molecule is Cc1cc(C)cc(OCC(=O)N(C)C(C)c2ccc(-n3cncn3)cc2)c1. The summed E-state index contributed by atoms with van der Waals surface area (Å²) in [6.45, 7) is 6.04. The third kappa shape index (κ3) is 4.53. The lowest BCUT2D eigenvalue weighted by molar-refractivity contribution is -0.134. The van der Waals surface area contributed by atoms with Crippen molar-refractivity contribution in [1.29, 1.82) is 0 Å². The van der Waals surface area contributed by atoms with E-state index in [1.165, 1.54) is 6.33 Å². The molecule has 0 spiro atoms. The fourth-order valence-corrected chi connectivity index (χ4v) is 2.95. The molecule has 0 N–H and O–H groups in total. The molecule has 0 saturated carbocycles. The van der Waals surface area contributed by atoms with Crippen molar-refractivity contribution in [3.05, 3.63) is 71.8 Å². The van der Waals surface area contributed by atoms with E-state index in [1.54, 1.807) is 23.0 Å². The predicted molar refractivity (Wildman–Crippen MR) is 104 cm³/mol. The molecule has 1 atom stereocenters. The van der Waals surface area contributed by atoms with E-state index in [0.717, 1.165) is 28.1 Å². The highest BCUT2D eigenvalue weighted by Crippen LogP contribution is 2.21. The molecule has 6 heteroatoms. The van der Waals surface area contributed by atoms with Crippen LogP contribution in [0.5, 0.6) is 5.75 Å². The van der Waals surface area contributed by atoms with Crippen LogP contribution in [0.25, 0.3) is 5.69 Å². The molecule has 0 saturated heterocycles. The first-order valence-electron chi connectivity index (χ1n) is 8.86. The van der Waals surface area contributed by atoms with Crippen molar-refractivity contribution >= 4 is 5.91 Å². The van der Waals surface area contributed by atoms with Gasteiger partial charge in [0.1, 0.15) is 18.4 Å². The van der Waals surface area contributed by atoms with Crippen molar-refractivity contribution < 1.29 is 9.53 Å². The molecule has 6 nitrogen and oxygen atoms in total. The second kappa shape index (κ2) is 8.03. The third-order valence-corrected chi connectivity index (χ3v) is 4.59. The Labute approximate surface area is 159 Å². The Morgan fingerprint density at radius 3 is 2.41 bits per heavy atom. The van der Waals surface area contributed by atoms with E-state index in [1.807, 2.05) is 57.2 Å². The van der Waals surface area contributed by atoms with Gasteiger partial charge in [-0.1, -0.05) is 18.2 Å². The van der Waals surface area contributed by atoms with Gasteiger partial charge in [0.15, 0.2) is 6.61 Å². The van der Waals surface area contributed by atoms with Gasteiger partial charge in [0.25, 0.3) is 5.91 Å². The van der Waals surface area contributed by atoms with Gasteiger partial charge >= 0.3 is 0 Å². The lowest BCUT2D eigenvalue weighted by Gasteiger charge is -2.25. The summed E-state index contributed by atoms with van der Waals surface area (Å²) in [5.74, 6) is 0.654. The van der Waals surface area contributed by atoms with Crippen molar-refractivity contribution in [1.82, 2.24) is 19.7 Å². The predicted octanol–water partition coefficient (Wildman–Crippen LogP) is 3.48. The van der Waals surface area contributed by atoms with Gasteiger partial charge in [-0.25, -0.2) is 9.67 Å². The largest absolute Gasteiger partial charge is 0.484 e. The van der Waals surface area contributed by atoms with Crippen molar-refractivity contribution in [3.8, 4) is 11.4 Å². The molecule has 0 radical (unpaired) electrons. The summed E-state index contributed by atoms with van der Waals surface area (Å²) in [7, 11) is 1.79. The van der Waals surface area contributed by atoms with E-state index < -0.39 is 0 Å². The molecule has 0 aliphatic rings. The van der Waals surface area contributed by atoms with E-state index in [2.05, 4.69) is 16.1 Å². The Morgan fingerprint density at radius 1 is 1.15 bits per heavy atom. The molecule has 0 aliphatic carbocycles. The average molecular weight is 364 g/mol. The quantitative estimate of drug-likeness (QED) is 0.672. The highest BCUT2D eigenvalue weighted by atomic mass is 16.5. The number of hydrogen-bond acceptors (Lipinski definition) is 4. The highest BCUT2D eigenvalue weighted by Gasteiger charge is 2.18. The first kappa shape index (κ1) is 18.6. The molecule has 0 aliphatic heterocycles. The summed E-state index contributed by atoms with van der Waals surface area (Å²) in [4.78, 5) is 18.2. The molecule has 1 unspecified atom stereocenters. The summed E-state index contributed by atoms with van der Waals surface area (Å²) >= 11 is 0. The molecule has 27 heavy (non-hydrogen) atoms. The molecule has 140 valence electrons. The summed E-state index contributed by atoms with van der Waals surface area (Å²) in [6.07, 6.45) is 3.15. The lowest BCUT2D eigenvalue weighted by atomic mass is 10.1. The minimum Gasteiger partial charge on any atom is -0.484 e. The Hall–Kier alpha value is -3.15. The van der Waals surface area contributed by atoms with Crippen molar-refractivity contribution in [3.63, 3.8) is 0 Å². The van der Waals surface area contributed by atoms with Gasteiger partial charge in [-0.2, -0.15) is 5.10 Å². The van der Waals surface area contributed by atoms with Gasteiger partial charge in [-0.05, 0) is 61.7 Å². The van der Waals surface area contributed by atoms with Gasteiger partial charge in [0.05, 0.1) is 11.7 Å². The van der Waals surface area contributed by atoms with E-state index in [9.17, 15) is 4.79 Å². The molecule has 3 rings (SSSR count). The number of likely N-dealkylation sites (N-methyl/N-ethyl adjacent to an activating group) is 1. The number of carbonyl (C=O) groups excluding carboxylic acids is 1. The van der Waals surface area contributed by atoms with Crippen LogP contribution in [0.15, 0.2) is 55.1 Å². The van der Waals surface area contributed by atoms with E-state index in [-0.39, 0.29) is 18.6 Å².